The largest absolute Gasteiger partial charge is 0.381 e. The molecule has 0 saturated heterocycles. The van der Waals surface area contributed by atoms with Gasteiger partial charge < -0.3 is 5.32 Å². The molecule has 1 N–H and O–H groups in total. The first-order chi connectivity index (χ1) is 9.77. The monoisotopic (exact) mass is 315 g/mol. The average Bonchev–Trinajstić information content (AvgIpc) is 2.42. The summed E-state index contributed by atoms with van der Waals surface area (Å²) in [6.07, 6.45) is 1.10. The fraction of sp³-hybridized carbons (Fsp3) is 0.143. The highest BCUT2D eigenvalue weighted by Gasteiger charge is 2.10. The molecule has 2 aromatic rings. The lowest BCUT2D eigenvalue weighted by Crippen LogP contribution is -2.03. The molecule has 0 amide bonds. The third kappa shape index (κ3) is 3.75. The number of sulfone groups is 1. The second-order valence-corrected chi connectivity index (χ2v) is 6.54. The first-order valence-corrected chi connectivity index (χ1v) is 7.84. The van der Waals surface area contributed by atoms with E-state index in [1.165, 1.54) is 24.3 Å². The average molecular weight is 315 g/mol. The standard InChI is InChI=1S/C14H12F3NO2S/c1-21(19,20)11-4-2-10(3-5-11)18-8-9-6-12(15)14(17)13(16)7-9/h2-7,18H,8H2,1H3. The van der Waals surface area contributed by atoms with E-state index < -0.39 is 27.3 Å². The van der Waals surface area contributed by atoms with Crippen LogP contribution in [0.25, 0.3) is 0 Å². The van der Waals surface area contributed by atoms with Crippen molar-refractivity contribution in [2.75, 3.05) is 11.6 Å². The Labute approximate surface area is 120 Å². The molecular weight excluding hydrogens is 303 g/mol. The molecule has 112 valence electrons. The normalized spacial score (nSPS) is 11.4. The maximum atomic E-state index is 13.0. The van der Waals surface area contributed by atoms with E-state index in [-0.39, 0.29) is 17.0 Å². The van der Waals surface area contributed by atoms with E-state index in [2.05, 4.69) is 5.32 Å². The topological polar surface area (TPSA) is 46.2 Å². The molecule has 0 atom stereocenters. The van der Waals surface area contributed by atoms with E-state index in [1.54, 1.807) is 0 Å². The summed E-state index contributed by atoms with van der Waals surface area (Å²) < 4.78 is 61.5. The molecular formula is C14H12F3NO2S. The number of rotatable bonds is 4. The Morgan fingerprint density at radius 2 is 1.52 bits per heavy atom. The van der Waals surface area contributed by atoms with E-state index in [9.17, 15) is 21.6 Å². The Kier molecular flexibility index (Phi) is 4.22. The highest BCUT2D eigenvalue weighted by Crippen LogP contribution is 2.17. The SMILES string of the molecule is CS(=O)(=O)c1ccc(NCc2cc(F)c(F)c(F)c2)cc1. The highest BCUT2D eigenvalue weighted by molar-refractivity contribution is 7.90. The maximum Gasteiger partial charge on any atom is 0.194 e. The van der Waals surface area contributed by atoms with Crippen molar-refractivity contribution in [2.24, 2.45) is 0 Å². The van der Waals surface area contributed by atoms with Crippen LogP contribution in [0.4, 0.5) is 18.9 Å². The van der Waals surface area contributed by atoms with Crippen LogP contribution in [0.3, 0.4) is 0 Å². The van der Waals surface area contributed by atoms with Gasteiger partial charge in [0.15, 0.2) is 27.3 Å². The van der Waals surface area contributed by atoms with Crippen LogP contribution < -0.4 is 5.32 Å². The Bertz CT molecular complexity index is 735. The number of nitrogens with one attached hydrogen (secondary N) is 1. The molecule has 0 heterocycles. The molecule has 0 aliphatic rings. The van der Waals surface area contributed by atoms with Crippen molar-refractivity contribution in [3.8, 4) is 0 Å². The molecule has 0 bridgehead atoms. The minimum atomic E-state index is -3.27. The van der Waals surface area contributed by atoms with Gasteiger partial charge in [-0.2, -0.15) is 0 Å². The summed E-state index contributed by atoms with van der Waals surface area (Å²) in [4.78, 5) is 0.173. The fourth-order valence-corrected chi connectivity index (χ4v) is 2.36. The third-order valence-corrected chi connectivity index (χ3v) is 3.95. The summed E-state index contributed by atoms with van der Waals surface area (Å²) in [5.41, 5.74) is 0.811. The number of halogens is 3. The van der Waals surface area contributed by atoms with Crippen LogP contribution in [0, 0.1) is 17.5 Å². The maximum absolute atomic E-state index is 13.0. The molecule has 0 radical (unpaired) electrons. The zero-order valence-corrected chi connectivity index (χ0v) is 11.8. The van der Waals surface area contributed by atoms with Crippen LogP contribution in [0.15, 0.2) is 41.3 Å². The Hall–Kier alpha value is -2.02. The molecule has 0 saturated carbocycles. The first kappa shape index (κ1) is 15.4. The smallest absolute Gasteiger partial charge is 0.194 e. The van der Waals surface area contributed by atoms with E-state index in [0.29, 0.717) is 5.69 Å². The van der Waals surface area contributed by atoms with Crippen molar-refractivity contribution in [1.82, 2.24) is 0 Å². The molecule has 21 heavy (non-hydrogen) atoms. The van der Waals surface area contributed by atoms with E-state index in [4.69, 9.17) is 0 Å². The van der Waals surface area contributed by atoms with Crippen LogP contribution in [0.5, 0.6) is 0 Å². The van der Waals surface area contributed by atoms with E-state index in [1.807, 2.05) is 0 Å². The molecule has 7 heteroatoms. The second kappa shape index (κ2) is 5.77. The van der Waals surface area contributed by atoms with Gasteiger partial charge in [-0.25, -0.2) is 21.6 Å². The lowest BCUT2D eigenvalue weighted by molar-refractivity contribution is 0.445. The predicted octanol–water partition coefficient (Wildman–Crippen LogP) is 3.12. The number of anilines is 1. The molecule has 3 nitrogen and oxygen atoms in total. The van der Waals surface area contributed by atoms with Gasteiger partial charge in [-0.3, -0.25) is 0 Å². The van der Waals surface area contributed by atoms with Gasteiger partial charge in [-0.1, -0.05) is 0 Å². The van der Waals surface area contributed by atoms with Crippen molar-refractivity contribution in [1.29, 1.82) is 0 Å². The van der Waals surface area contributed by atoms with Crippen LogP contribution in [-0.2, 0) is 16.4 Å². The van der Waals surface area contributed by atoms with Gasteiger partial charge in [0.05, 0.1) is 4.90 Å². The van der Waals surface area contributed by atoms with Gasteiger partial charge in [0.25, 0.3) is 0 Å². The van der Waals surface area contributed by atoms with Gasteiger partial charge in [-0.05, 0) is 42.0 Å². The Morgan fingerprint density at radius 3 is 2.00 bits per heavy atom. The lowest BCUT2D eigenvalue weighted by atomic mass is 10.2. The van der Waals surface area contributed by atoms with Crippen LogP contribution in [-0.4, -0.2) is 14.7 Å². The van der Waals surface area contributed by atoms with Crippen molar-refractivity contribution in [3.63, 3.8) is 0 Å². The highest BCUT2D eigenvalue weighted by atomic mass is 32.2. The van der Waals surface area contributed by atoms with Crippen molar-refractivity contribution in [3.05, 3.63) is 59.4 Å². The van der Waals surface area contributed by atoms with Crippen LogP contribution >= 0.6 is 0 Å². The Balaban J connectivity index is 2.10. The zero-order chi connectivity index (χ0) is 15.6. The first-order valence-electron chi connectivity index (χ1n) is 5.95. The van der Waals surface area contributed by atoms with Crippen molar-refractivity contribution < 1.29 is 21.6 Å². The van der Waals surface area contributed by atoms with Gasteiger partial charge in [-0.15, -0.1) is 0 Å². The van der Waals surface area contributed by atoms with Crippen LogP contribution in [0.2, 0.25) is 0 Å². The van der Waals surface area contributed by atoms with Gasteiger partial charge in [0.2, 0.25) is 0 Å². The number of hydrogen-bond donors (Lipinski definition) is 1. The molecule has 2 rings (SSSR count). The summed E-state index contributed by atoms with van der Waals surface area (Å²) in [5.74, 6) is -4.00. The van der Waals surface area contributed by atoms with Gasteiger partial charge in [0.1, 0.15) is 0 Å². The van der Waals surface area contributed by atoms with Crippen molar-refractivity contribution >= 4 is 15.5 Å². The molecule has 0 aliphatic heterocycles. The number of hydrogen-bond acceptors (Lipinski definition) is 3. The van der Waals surface area contributed by atoms with E-state index >= 15 is 0 Å². The molecule has 0 aromatic heterocycles. The minimum absolute atomic E-state index is 0.0757. The third-order valence-electron chi connectivity index (χ3n) is 2.82. The van der Waals surface area contributed by atoms with Crippen LogP contribution in [0.1, 0.15) is 5.56 Å². The summed E-state index contributed by atoms with van der Waals surface area (Å²) in [6.45, 7) is 0.0757. The Morgan fingerprint density at radius 1 is 1.00 bits per heavy atom. The summed E-state index contributed by atoms with van der Waals surface area (Å²) >= 11 is 0. The zero-order valence-electron chi connectivity index (χ0n) is 11.0. The molecule has 2 aromatic carbocycles. The molecule has 0 spiro atoms. The van der Waals surface area contributed by atoms with E-state index in [0.717, 1.165) is 18.4 Å². The fourth-order valence-electron chi connectivity index (χ4n) is 1.73. The van der Waals surface area contributed by atoms with Gasteiger partial charge >= 0.3 is 0 Å². The van der Waals surface area contributed by atoms with Crippen molar-refractivity contribution in [2.45, 2.75) is 11.4 Å². The lowest BCUT2D eigenvalue weighted by Gasteiger charge is -2.08. The second-order valence-electron chi connectivity index (χ2n) is 4.52. The molecule has 0 unspecified atom stereocenters. The summed E-state index contributed by atoms with van der Waals surface area (Å²) in [7, 11) is -3.27. The summed E-state index contributed by atoms with van der Waals surface area (Å²) in [6, 6.07) is 7.71. The quantitative estimate of drug-likeness (QED) is 0.882. The summed E-state index contributed by atoms with van der Waals surface area (Å²) in [5, 5.41) is 2.86. The number of benzene rings is 2. The minimum Gasteiger partial charge on any atom is -0.381 e. The molecule has 0 fully saturated rings. The predicted molar refractivity (Wildman–Crippen MR) is 73.2 cm³/mol. The van der Waals surface area contributed by atoms with Gasteiger partial charge in [0, 0.05) is 18.5 Å². The molecule has 0 aliphatic carbocycles.